The third kappa shape index (κ3) is 3.58. The Kier molecular flexibility index (Phi) is 5.82. The Balaban J connectivity index is 0.00000192. The fourth-order valence-corrected chi connectivity index (χ4v) is 2.76. The van der Waals surface area contributed by atoms with Gasteiger partial charge in [-0.3, -0.25) is 0 Å². The van der Waals surface area contributed by atoms with Gasteiger partial charge in [-0.05, 0) is 23.1 Å². The number of halogens is 1. The molecule has 0 bridgehead atoms. The van der Waals surface area contributed by atoms with Crippen LogP contribution >= 0.6 is 0 Å². The SMILES string of the molecule is COc1cc2cc[n+](C)c(Cc3ccccc3)c2cc1OC.[I-]. The van der Waals surface area contributed by atoms with E-state index in [1.54, 1.807) is 14.2 Å². The average Bonchev–Trinajstić information content (AvgIpc) is 2.57. The zero-order valence-corrected chi connectivity index (χ0v) is 15.7. The van der Waals surface area contributed by atoms with Gasteiger partial charge in [-0.2, -0.15) is 0 Å². The van der Waals surface area contributed by atoms with Crippen molar-refractivity contribution in [2.45, 2.75) is 6.42 Å². The van der Waals surface area contributed by atoms with Gasteiger partial charge in [0.15, 0.2) is 23.4 Å². The van der Waals surface area contributed by atoms with Gasteiger partial charge in [0.1, 0.15) is 7.05 Å². The Labute approximate surface area is 153 Å². The maximum atomic E-state index is 5.46. The number of pyridine rings is 1. The fraction of sp³-hybridized carbons (Fsp3) is 0.211. The highest BCUT2D eigenvalue weighted by atomic mass is 127. The molecule has 120 valence electrons. The van der Waals surface area contributed by atoms with Crippen LogP contribution in [-0.2, 0) is 13.5 Å². The van der Waals surface area contributed by atoms with E-state index in [1.807, 2.05) is 12.1 Å². The second kappa shape index (κ2) is 7.64. The van der Waals surface area contributed by atoms with Gasteiger partial charge >= 0.3 is 0 Å². The molecule has 0 aliphatic carbocycles. The monoisotopic (exact) mass is 421 g/mol. The first-order chi connectivity index (χ1) is 10.7. The smallest absolute Gasteiger partial charge is 0.193 e. The highest BCUT2D eigenvalue weighted by Gasteiger charge is 2.16. The van der Waals surface area contributed by atoms with Crippen LogP contribution in [0.2, 0.25) is 0 Å². The number of fused-ring (bicyclic) bond motifs is 1. The van der Waals surface area contributed by atoms with Crippen molar-refractivity contribution < 1.29 is 38.0 Å². The molecular weight excluding hydrogens is 401 g/mol. The number of aromatic nitrogens is 1. The van der Waals surface area contributed by atoms with Crippen molar-refractivity contribution in [1.29, 1.82) is 0 Å². The van der Waals surface area contributed by atoms with Crippen LogP contribution in [0.3, 0.4) is 0 Å². The van der Waals surface area contributed by atoms with Crippen LogP contribution < -0.4 is 38.0 Å². The van der Waals surface area contributed by atoms with E-state index in [0.29, 0.717) is 0 Å². The fourth-order valence-electron chi connectivity index (χ4n) is 2.76. The standard InChI is InChI=1S/C19H20NO2.HI/c1-20-10-9-15-12-18(21-2)19(22-3)13-16(15)17(20)11-14-7-5-4-6-8-14;/h4-10,12-13H,11H2,1-3H3;1H/q+1;/p-1. The van der Waals surface area contributed by atoms with Gasteiger partial charge in [0.05, 0.1) is 26.0 Å². The largest absolute Gasteiger partial charge is 1.00 e. The summed E-state index contributed by atoms with van der Waals surface area (Å²) in [6.07, 6.45) is 2.97. The van der Waals surface area contributed by atoms with Crippen LogP contribution in [0.4, 0.5) is 0 Å². The molecule has 4 heteroatoms. The number of benzene rings is 2. The lowest BCUT2D eigenvalue weighted by Crippen LogP contribution is -3.00. The molecule has 0 aliphatic heterocycles. The number of methoxy groups -OCH3 is 2. The van der Waals surface area contributed by atoms with Gasteiger partial charge in [-0.15, -0.1) is 0 Å². The zero-order chi connectivity index (χ0) is 15.5. The first-order valence-electron chi connectivity index (χ1n) is 7.30. The van der Waals surface area contributed by atoms with Crippen molar-refractivity contribution in [3.63, 3.8) is 0 Å². The molecule has 0 unspecified atom stereocenters. The maximum Gasteiger partial charge on any atom is 0.193 e. The second-order valence-electron chi connectivity index (χ2n) is 5.33. The molecule has 0 atom stereocenters. The highest BCUT2D eigenvalue weighted by Crippen LogP contribution is 2.33. The number of aryl methyl sites for hydroxylation is 1. The summed E-state index contributed by atoms with van der Waals surface area (Å²) in [4.78, 5) is 0. The quantitative estimate of drug-likeness (QED) is 0.446. The summed E-state index contributed by atoms with van der Waals surface area (Å²) < 4.78 is 13.0. The lowest BCUT2D eigenvalue weighted by atomic mass is 10.0. The van der Waals surface area contributed by atoms with Crippen molar-refractivity contribution in [3.05, 3.63) is 66.0 Å². The summed E-state index contributed by atoms with van der Waals surface area (Å²) in [6, 6.07) is 16.7. The van der Waals surface area contributed by atoms with E-state index in [2.05, 4.69) is 54.2 Å². The van der Waals surface area contributed by atoms with E-state index in [4.69, 9.17) is 9.47 Å². The number of hydrogen-bond acceptors (Lipinski definition) is 2. The summed E-state index contributed by atoms with van der Waals surface area (Å²) in [5.74, 6) is 1.52. The molecule has 3 rings (SSSR count). The number of hydrogen-bond donors (Lipinski definition) is 0. The van der Waals surface area contributed by atoms with Crippen LogP contribution in [0.5, 0.6) is 11.5 Å². The van der Waals surface area contributed by atoms with Crippen molar-refractivity contribution in [3.8, 4) is 11.5 Å². The summed E-state index contributed by atoms with van der Waals surface area (Å²) in [6.45, 7) is 0. The van der Waals surface area contributed by atoms with E-state index in [-0.39, 0.29) is 24.0 Å². The molecule has 3 nitrogen and oxygen atoms in total. The number of rotatable bonds is 4. The predicted molar refractivity (Wildman–Crippen MR) is 87.5 cm³/mol. The minimum Gasteiger partial charge on any atom is -1.00 e. The third-order valence-electron chi connectivity index (χ3n) is 3.98. The zero-order valence-electron chi connectivity index (χ0n) is 13.5. The normalized spacial score (nSPS) is 10.2. The van der Waals surface area contributed by atoms with Crippen LogP contribution in [0.25, 0.3) is 10.8 Å². The minimum absolute atomic E-state index is 0. The molecule has 1 aromatic heterocycles. The predicted octanol–water partition coefficient (Wildman–Crippen LogP) is 0.276. The van der Waals surface area contributed by atoms with E-state index in [0.717, 1.165) is 23.3 Å². The molecule has 0 spiro atoms. The van der Waals surface area contributed by atoms with Gasteiger partial charge in [0, 0.05) is 6.07 Å². The van der Waals surface area contributed by atoms with Gasteiger partial charge in [0.25, 0.3) is 0 Å². The molecule has 0 N–H and O–H groups in total. The lowest BCUT2D eigenvalue weighted by Gasteiger charge is -2.11. The van der Waals surface area contributed by atoms with E-state index < -0.39 is 0 Å². The van der Waals surface area contributed by atoms with Crippen molar-refractivity contribution in [2.75, 3.05) is 14.2 Å². The molecule has 2 aromatic carbocycles. The van der Waals surface area contributed by atoms with Gasteiger partial charge in [-0.25, -0.2) is 4.57 Å². The minimum atomic E-state index is 0. The molecule has 0 amide bonds. The molecule has 23 heavy (non-hydrogen) atoms. The van der Waals surface area contributed by atoms with E-state index in [9.17, 15) is 0 Å². The van der Waals surface area contributed by atoms with Crippen LogP contribution in [0.1, 0.15) is 11.3 Å². The van der Waals surface area contributed by atoms with Crippen LogP contribution in [-0.4, -0.2) is 14.2 Å². The first-order valence-corrected chi connectivity index (χ1v) is 7.30. The number of ether oxygens (including phenoxy) is 2. The highest BCUT2D eigenvalue weighted by molar-refractivity contribution is 5.87. The molecule has 0 radical (unpaired) electrons. The Hall–Kier alpha value is -1.82. The third-order valence-corrected chi connectivity index (χ3v) is 3.98. The summed E-state index contributed by atoms with van der Waals surface area (Å²) in [5, 5.41) is 2.34. The molecule has 3 aromatic rings. The number of nitrogens with zero attached hydrogens (tertiary/aromatic N) is 1. The van der Waals surface area contributed by atoms with Gasteiger partial charge in [-0.1, -0.05) is 30.3 Å². The molecule has 0 aliphatic rings. The Bertz CT molecular complexity index is 803. The Morgan fingerprint density at radius 2 is 1.57 bits per heavy atom. The first kappa shape index (κ1) is 17.5. The molecule has 0 saturated carbocycles. The van der Waals surface area contributed by atoms with Crippen LogP contribution in [0, 0.1) is 0 Å². The summed E-state index contributed by atoms with van der Waals surface area (Å²) in [7, 11) is 5.41. The summed E-state index contributed by atoms with van der Waals surface area (Å²) in [5.41, 5.74) is 2.55. The second-order valence-corrected chi connectivity index (χ2v) is 5.33. The molecular formula is C19H20INO2. The molecule has 0 fully saturated rings. The van der Waals surface area contributed by atoms with Crippen molar-refractivity contribution in [1.82, 2.24) is 0 Å². The Morgan fingerprint density at radius 3 is 2.22 bits per heavy atom. The van der Waals surface area contributed by atoms with Crippen molar-refractivity contribution >= 4 is 10.8 Å². The van der Waals surface area contributed by atoms with E-state index in [1.165, 1.54) is 16.6 Å². The maximum absolute atomic E-state index is 5.46. The van der Waals surface area contributed by atoms with Crippen LogP contribution in [0.15, 0.2) is 54.7 Å². The topological polar surface area (TPSA) is 22.3 Å². The summed E-state index contributed by atoms with van der Waals surface area (Å²) >= 11 is 0. The van der Waals surface area contributed by atoms with Gasteiger partial charge < -0.3 is 33.5 Å². The molecule has 0 saturated heterocycles. The average molecular weight is 421 g/mol. The van der Waals surface area contributed by atoms with Crippen molar-refractivity contribution in [2.24, 2.45) is 7.05 Å². The Morgan fingerprint density at radius 1 is 0.913 bits per heavy atom. The lowest BCUT2D eigenvalue weighted by molar-refractivity contribution is -0.677. The molecule has 1 heterocycles. The van der Waals surface area contributed by atoms with E-state index >= 15 is 0 Å². The van der Waals surface area contributed by atoms with Gasteiger partial charge in [0.2, 0.25) is 0 Å².